The van der Waals surface area contributed by atoms with Crippen LogP contribution in [0, 0.1) is 27.3 Å². The van der Waals surface area contributed by atoms with Crippen LogP contribution < -0.4 is 0 Å². The van der Waals surface area contributed by atoms with E-state index in [4.69, 9.17) is 15.5 Å². The minimum atomic E-state index is -1.93. The SMILES string of the molecule is N#CC(O)C(O)c1cc([N+](=O)[O-])c(O)cc1F. The van der Waals surface area contributed by atoms with Gasteiger partial charge in [0.1, 0.15) is 11.9 Å². The van der Waals surface area contributed by atoms with Crippen LogP contribution in [0.25, 0.3) is 0 Å². The van der Waals surface area contributed by atoms with E-state index < -0.39 is 39.9 Å². The summed E-state index contributed by atoms with van der Waals surface area (Å²) in [6, 6.07) is 2.26. The number of phenols is 1. The first-order valence-corrected chi connectivity index (χ1v) is 4.31. The predicted molar refractivity (Wildman–Crippen MR) is 51.3 cm³/mol. The van der Waals surface area contributed by atoms with E-state index in [9.17, 15) is 19.6 Å². The monoisotopic (exact) mass is 242 g/mol. The fraction of sp³-hybridized carbons (Fsp3) is 0.222. The summed E-state index contributed by atoms with van der Waals surface area (Å²) in [6.07, 6.45) is -3.85. The van der Waals surface area contributed by atoms with Crippen molar-refractivity contribution in [2.45, 2.75) is 12.2 Å². The maximum atomic E-state index is 13.3. The van der Waals surface area contributed by atoms with Gasteiger partial charge in [-0.05, 0) is 0 Å². The number of aromatic hydroxyl groups is 1. The number of nitro benzene ring substituents is 1. The summed E-state index contributed by atoms with van der Waals surface area (Å²) >= 11 is 0. The molecule has 0 saturated heterocycles. The molecule has 0 heterocycles. The van der Waals surface area contributed by atoms with E-state index in [0.29, 0.717) is 12.1 Å². The number of aliphatic hydroxyl groups excluding tert-OH is 2. The van der Waals surface area contributed by atoms with Gasteiger partial charge in [-0.15, -0.1) is 0 Å². The summed E-state index contributed by atoms with van der Waals surface area (Å²) in [6.45, 7) is 0. The highest BCUT2D eigenvalue weighted by molar-refractivity contribution is 5.49. The van der Waals surface area contributed by atoms with E-state index in [-0.39, 0.29) is 0 Å². The normalized spacial score (nSPS) is 13.8. The van der Waals surface area contributed by atoms with Gasteiger partial charge in [0.2, 0.25) is 0 Å². The van der Waals surface area contributed by atoms with Gasteiger partial charge in [-0.25, -0.2) is 4.39 Å². The van der Waals surface area contributed by atoms with Crippen molar-refractivity contribution in [2.24, 2.45) is 0 Å². The zero-order valence-corrected chi connectivity index (χ0v) is 8.24. The van der Waals surface area contributed by atoms with Crippen LogP contribution in [0.1, 0.15) is 11.7 Å². The summed E-state index contributed by atoms with van der Waals surface area (Å²) in [5, 5.41) is 46.2. The van der Waals surface area contributed by atoms with Gasteiger partial charge in [0, 0.05) is 17.7 Å². The van der Waals surface area contributed by atoms with Crippen LogP contribution in [0.4, 0.5) is 10.1 Å². The predicted octanol–water partition coefficient (Wildman–Crippen LogP) is 0.357. The Morgan fingerprint density at radius 1 is 1.47 bits per heavy atom. The maximum absolute atomic E-state index is 13.3. The fourth-order valence-electron chi connectivity index (χ4n) is 1.18. The summed E-state index contributed by atoms with van der Waals surface area (Å²) in [5.74, 6) is -2.07. The van der Waals surface area contributed by atoms with E-state index >= 15 is 0 Å². The lowest BCUT2D eigenvalue weighted by Gasteiger charge is -2.12. The first-order valence-electron chi connectivity index (χ1n) is 4.31. The standard InChI is InChI=1S/C9H7FN2O5/c10-5-2-7(13)6(12(16)17)1-4(5)9(15)8(14)3-11/h1-2,8-9,13-15H. The van der Waals surface area contributed by atoms with Crippen molar-refractivity contribution in [3.63, 3.8) is 0 Å². The Hall–Kier alpha value is -2.24. The lowest BCUT2D eigenvalue weighted by molar-refractivity contribution is -0.386. The van der Waals surface area contributed by atoms with E-state index in [1.54, 1.807) is 0 Å². The number of nitriles is 1. The number of rotatable bonds is 3. The van der Waals surface area contributed by atoms with E-state index in [2.05, 4.69) is 0 Å². The second-order valence-corrected chi connectivity index (χ2v) is 3.14. The van der Waals surface area contributed by atoms with Crippen LogP contribution in [0.3, 0.4) is 0 Å². The zero-order valence-electron chi connectivity index (χ0n) is 8.24. The molecule has 0 bridgehead atoms. The Bertz CT molecular complexity index is 499. The molecular formula is C9H7FN2O5. The second-order valence-electron chi connectivity index (χ2n) is 3.14. The topological polar surface area (TPSA) is 128 Å². The molecule has 7 nitrogen and oxygen atoms in total. The van der Waals surface area contributed by atoms with Crippen LogP contribution in [-0.2, 0) is 0 Å². The molecular weight excluding hydrogens is 235 g/mol. The third-order valence-electron chi connectivity index (χ3n) is 2.04. The number of halogens is 1. The lowest BCUT2D eigenvalue weighted by Crippen LogP contribution is -2.17. The third-order valence-corrected chi connectivity index (χ3v) is 2.04. The molecule has 8 heteroatoms. The molecule has 0 aromatic heterocycles. The molecule has 0 saturated carbocycles. The van der Waals surface area contributed by atoms with Gasteiger partial charge in [0.05, 0.1) is 11.0 Å². The Balaban J connectivity index is 3.30. The lowest BCUT2D eigenvalue weighted by atomic mass is 10.0. The van der Waals surface area contributed by atoms with E-state index in [1.807, 2.05) is 0 Å². The highest BCUT2D eigenvalue weighted by Gasteiger charge is 2.26. The van der Waals surface area contributed by atoms with Crippen LogP contribution in [0.2, 0.25) is 0 Å². The van der Waals surface area contributed by atoms with Gasteiger partial charge < -0.3 is 15.3 Å². The Labute approximate surface area is 94.1 Å². The molecule has 1 aromatic carbocycles. The van der Waals surface area contributed by atoms with Gasteiger partial charge in [0.25, 0.3) is 0 Å². The highest BCUT2D eigenvalue weighted by Crippen LogP contribution is 2.32. The molecule has 0 aliphatic carbocycles. The van der Waals surface area contributed by atoms with E-state index in [0.717, 1.165) is 0 Å². The highest BCUT2D eigenvalue weighted by atomic mass is 19.1. The van der Waals surface area contributed by atoms with Crippen molar-refractivity contribution in [3.05, 3.63) is 33.6 Å². The van der Waals surface area contributed by atoms with Gasteiger partial charge >= 0.3 is 5.69 Å². The first kappa shape index (κ1) is 12.8. The first-order chi connectivity index (χ1) is 7.88. The average molecular weight is 242 g/mol. The van der Waals surface area contributed by atoms with Crippen molar-refractivity contribution in [1.29, 1.82) is 5.26 Å². The molecule has 2 unspecified atom stereocenters. The summed E-state index contributed by atoms with van der Waals surface area (Å²) in [7, 11) is 0. The minimum Gasteiger partial charge on any atom is -0.502 e. The maximum Gasteiger partial charge on any atom is 0.311 e. The zero-order chi connectivity index (χ0) is 13.2. The molecule has 1 aromatic rings. The fourth-order valence-corrected chi connectivity index (χ4v) is 1.18. The largest absolute Gasteiger partial charge is 0.502 e. The van der Waals surface area contributed by atoms with Gasteiger partial charge in [0.15, 0.2) is 11.9 Å². The molecule has 1 rings (SSSR count). The Kier molecular flexibility index (Phi) is 3.57. The minimum absolute atomic E-state index is 0.431. The Morgan fingerprint density at radius 2 is 2.06 bits per heavy atom. The number of benzene rings is 1. The molecule has 90 valence electrons. The average Bonchev–Trinajstić information content (AvgIpc) is 2.26. The van der Waals surface area contributed by atoms with Crippen LogP contribution in [0.5, 0.6) is 5.75 Å². The van der Waals surface area contributed by atoms with Crippen molar-refractivity contribution in [2.75, 3.05) is 0 Å². The summed E-state index contributed by atoms with van der Waals surface area (Å²) < 4.78 is 13.3. The van der Waals surface area contributed by atoms with Crippen molar-refractivity contribution >= 4 is 5.69 Å². The number of hydrogen-bond acceptors (Lipinski definition) is 6. The molecule has 17 heavy (non-hydrogen) atoms. The van der Waals surface area contributed by atoms with Crippen LogP contribution in [0.15, 0.2) is 12.1 Å². The number of aliphatic hydroxyl groups is 2. The second kappa shape index (κ2) is 4.73. The van der Waals surface area contributed by atoms with Crippen LogP contribution in [-0.4, -0.2) is 26.3 Å². The van der Waals surface area contributed by atoms with Gasteiger partial charge in [-0.2, -0.15) is 5.26 Å². The number of nitrogens with zero attached hydrogens (tertiary/aromatic N) is 2. The summed E-state index contributed by atoms with van der Waals surface area (Å²) in [4.78, 5) is 9.48. The molecule has 0 fully saturated rings. The molecule has 0 spiro atoms. The number of phenolic OH excluding ortho intramolecular Hbond substituents is 1. The molecule has 0 amide bonds. The smallest absolute Gasteiger partial charge is 0.311 e. The van der Waals surface area contributed by atoms with Gasteiger partial charge in [-0.1, -0.05) is 0 Å². The molecule has 0 aliphatic heterocycles. The molecule has 3 N–H and O–H groups in total. The number of hydrogen-bond donors (Lipinski definition) is 3. The van der Waals surface area contributed by atoms with Crippen molar-refractivity contribution in [1.82, 2.24) is 0 Å². The molecule has 0 radical (unpaired) electrons. The van der Waals surface area contributed by atoms with Crippen molar-refractivity contribution in [3.8, 4) is 11.8 Å². The van der Waals surface area contributed by atoms with Gasteiger partial charge in [-0.3, -0.25) is 10.1 Å². The quantitative estimate of drug-likeness (QED) is 0.398. The third kappa shape index (κ3) is 2.47. The Morgan fingerprint density at radius 3 is 2.53 bits per heavy atom. The number of nitro groups is 1. The molecule has 2 atom stereocenters. The van der Waals surface area contributed by atoms with E-state index in [1.165, 1.54) is 6.07 Å². The summed E-state index contributed by atoms with van der Waals surface area (Å²) in [5.41, 5.74) is -1.46. The van der Waals surface area contributed by atoms with Crippen LogP contribution >= 0.6 is 0 Å². The molecule has 0 aliphatic rings. The van der Waals surface area contributed by atoms with Crippen molar-refractivity contribution < 1.29 is 24.6 Å².